The Morgan fingerprint density at radius 2 is 1.93 bits per heavy atom. The van der Waals surface area contributed by atoms with E-state index in [0.717, 1.165) is 23.5 Å². The van der Waals surface area contributed by atoms with Gasteiger partial charge in [0.05, 0.1) is 6.04 Å². The highest BCUT2D eigenvalue weighted by atomic mass is 35.5. The molecule has 1 aliphatic rings. The van der Waals surface area contributed by atoms with Gasteiger partial charge in [-0.3, -0.25) is 4.79 Å². The third kappa shape index (κ3) is 3.65. The van der Waals surface area contributed by atoms with Crippen LogP contribution in [0.1, 0.15) is 24.4 Å². The molecule has 0 saturated carbocycles. The Balaban J connectivity index is 1.67. The summed E-state index contributed by atoms with van der Waals surface area (Å²) in [5.74, 6) is 0.740. The number of hydrogen-bond acceptors (Lipinski definition) is 5. The third-order valence-electron chi connectivity index (χ3n) is 4.35. The molecule has 4 rings (SSSR count). The minimum absolute atomic E-state index is 0.0917. The number of benzene rings is 2. The van der Waals surface area contributed by atoms with Gasteiger partial charge in [-0.15, -0.1) is 10.2 Å². The number of halogens is 1. The van der Waals surface area contributed by atoms with E-state index >= 15 is 0 Å². The second kappa shape index (κ2) is 7.62. The van der Waals surface area contributed by atoms with Gasteiger partial charge < -0.3 is 10.7 Å². The average Bonchev–Trinajstić information content (AvgIpc) is 3.10. The molecule has 0 fully saturated rings. The third-order valence-corrected chi connectivity index (χ3v) is 5.82. The standard InChI is InChI=1S/C19H18ClN5OS/c1-2-15-22-23-19-25(15)24-16(12-8-10-13(20)11-9-12)17(27-19)18(26)21-14-6-4-3-5-7-14/h3-11,16-17,24H,2H2,1H3,(H,21,26)/t16-,17-/m1/s1. The maximum absolute atomic E-state index is 13.0. The molecule has 2 atom stereocenters. The normalized spacial score (nSPS) is 18.4. The zero-order chi connectivity index (χ0) is 18.8. The summed E-state index contributed by atoms with van der Waals surface area (Å²) in [4.78, 5) is 13.0. The molecule has 3 aromatic rings. The topological polar surface area (TPSA) is 71.8 Å². The minimum atomic E-state index is -0.409. The van der Waals surface area contributed by atoms with Crippen LogP contribution in [-0.2, 0) is 11.2 Å². The molecule has 0 saturated heterocycles. The second-order valence-electron chi connectivity index (χ2n) is 6.14. The molecule has 0 unspecified atom stereocenters. The zero-order valence-electron chi connectivity index (χ0n) is 14.6. The molecule has 0 aliphatic carbocycles. The van der Waals surface area contributed by atoms with Crippen LogP contribution in [-0.4, -0.2) is 26.0 Å². The molecule has 1 amide bonds. The Morgan fingerprint density at radius 1 is 1.19 bits per heavy atom. The van der Waals surface area contributed by atoms with Gasteiger partial charge in [0.1, 0.15) is 5.25 Å². The number of nitrogens with zero attached hydrogens (tertiary/aromatic N) is 3. The Bertz CT molecular complexity index is 944. The number of thioether (sulfide) groups is 1. The van der Waals surface area contributed by atoms with Crippen molar-refractivity contribution in [1.29, 1.82) is 0 Å². The van der Waals surface area contributed by atoms with Gasteiger partial charge in [-0.25, -0.2) is 4.68 Å². The maximum atomic E-state index is 13.0. The van der Waals surface area contributed by atoms with E-state index in [1.165, 1.54) is 11.8 Å². The van der Waals surface area contributed by atoms with Crippen LogP contribution in [0, 0.1) is 0 Å². The second-order valence-corrected chi connectivity index (χ2v) is 7.68. The Morgan fingerprint density at radius 3 is 2.63 bits per heavy atom. The van der Waals surface area contributed by atoms with Gasteiger partial charge in [-0.2, -0.15) is 0 Å². The first kappa shape index (κ1) is 17.9. The first-order valence-corrected chi connectivity index (χ1v) is 9.90. The fourth-order valence-electron chi connectivity index (χ4n) is 2.98. The molecule has 1 aliphatic heterocycles. The smallest absolute Gasteiger partial charge is 0.240 e. The molecular weight excluding hydrogens is 382 g/mol. The lowest BCUT2D eigenvalue weighted by molar-refractivity contribution is -0.116. The molecule has 0 radical (unpaired) electrons. The molecule has 0 bridgehead atoms. The largest absolute Gasteiger partial charge is 0.325 e. The van der Waals surface area contributed by atoms with E-state index in [4.69, 9.17) is 11.6 Å². The van der Waals surface area contributed by atoms with Gasteiger partial charge in [0.25, 0.3) is 0 Å². The number of nitrogens with one attached hydrogen (secondary N) is 2. The van der Waals surface area contributed by atoms with E-state index in [1.54, 1.807) is 0 Å². The van der Waals surface area contributed by atoms with Crippen LogP contribution >= 0.6 is 23.4 Å². The maximum Gasteiger partial charge on any atom is 0.240 e. The van der Waals surface area contributed by atoms with Crippen molar-refractivity contribution < 1.29 is 4.79 Å². The van der Waals surface area contributed by atoms with E-state index in [-0.39, 0.29) is 11.9 Å². The van der Waals surface area contributed by atoms with Crippen molar-refractivity contribution in [2.45, 2.75) is 29.8 Å². The minimum Gasteiger partial charge on any atom is -0.325 e. The molecule has 2 N–H and O–H groups in total. The van der Waals surface area contributed by atoms with Gasteiger partial charge in [0.2, 0.25) is 11.1 Å². The lowest BCUT2D eigenvalue weighted by Crippen LogP contribution is -2.41. The van der Waals surface area contributed by atoms with Crippen molar-refractivity contribution in [3.05, 3.63) is 71.0 Å². The summed E-state index contributed by atoms with van der Waals surface area (Å²) in [5.41, 5.74) is 5.15. The van der Waals surface area contributed by atoms with Crippen LogP contribution in [0.3, 0.4) is 0 Å². The number of anilines is 1. The zero-order valence-corrected chi connectivity index (χ0v) is 16.2. The number of fused-ring (bicyclic) bond motifs is 1. The first-order chi connectivity index (χ1) is 13.2. The number of hydrogen-bond donors (Lipinski definition) is 2. The van der Waals surface area contributed by atoms with E-state index in [0.29, 0.717) is 10.2 Å². The van der Waals surface area contributed by atoms with Crippen LogP contribution in [0.4, 0.5) is 5.69 Å². The first-order valence-electron chi connectivity index (χ1n) is 8.64. The molecule has 6 nitrogen and oxygen atoms in total. The summed E-state index contributed by atoms with van der Waals surface area (Å²) in [6.45, 7) is 2.02. The van der Waals surface area contributed by atoms with Gasteiger partial charge in [0, 0.05) is 17.1 Å². The molecule has 8 heteroatoms. The summed E-state index contributed by atoms with van der Waals surface area (Å²) < 4.78 is 1.87. The molecule has 2 heterocycles. The van der Waals surface area contributed by atoms with Crippen molar-refractivity contribution in [3.63, 3.8) is 0 Å². The number of aryl methyl sites for hydroxylation is 1. The lowest BCUT2D eigenvalue weighted by Gasteiger charge is -2.33. The molecule has 1 aromatic heterocycles. The van der Waals surface area contributed by atoms with Crippen LogP contribution in [0.15, 0.2) is 59.8 Å². The van der Waals surface area contributed by atoms with Crippen LogP contribution in [0.25, 0.3) is 0 Å². The Labute approximate surface area is 166 Å². The summed E-state index contributed by atoms with van der Waals surface area (Å²) in [6, 6.07) is 16.7. The predicted octanol–water partition coefficient (Wildman–Crippen LogP) is 3.89. The fourth-order valence-corrected chi connectivity index (χ4v) is 4.21. The number of carbonyl (C=O) groups is 1. The van der Waals surface area contributed by atoms with Crippen LogP contribution in [0.2, 0.25) is 5.02 Å². The number of rotatable bonds is 4. The molecule has 138 valence electrons. The molecular formula is C19H18ClN5OS. The average molecular weight is 400 g/mol. The van der Waals surface area contributed by atoms with Gasteiger partial charge in [-0.05, 0) is 29.8 Å². The van der Waals surface area contributed by atoms with Crippen molar-refractivity contribution in [3.8, 4) is 0 Å². The van der Waals surface area contributed by atoms with Crippen molar-refractivity contribution in [1.82, 2.24) is 14.9 Å². The van der Waals surface area contributed by atoms with E-state index in [9.17, 15) is 4.79 Å². The summed E-state index contributed by atoms with van der Waals surface area (Å²) in [5, 5.41) is 12.4. The number of amides is 1. The molecule has 2 aromatic carbocycles. The summed E-state index contributed by atoms with van der Waals surface area (Å²) in [7, 11) is 0. The summed E-state index contributed by atoms with van der Waals surface area (Å²) in [6.07, 6.45) is 0.745. The van der Waals surface area contributed by atoms with Crippen LogP contribution in [0.5, 0.6) is 0 Å². The predicted molar refractivity (Wildman–Crippen MR) is 108 cm³/mol. The van der Waals surface area contributed by atoms with Crippen molar-refractivity contribution in [2.75, 3.05) is 10.7 Å². The van der Waals surface area contributed by atoms with Gasteiger partial charge >= 0.3 is 0 Å². The Kier molecular flexibility index (Phi) is 5.05. The van der Waals surface area contributed by atoms with Gasteiger partial charge in [-0.1, -0.05) is 60.6 Å². The van der Waals surface area contributed by atoms with E-state index < -0.39 is 5.25 Å². The van der Waals surface area contributed by atoms with E-state index in [2.05, 4.69) is 20.9 Å². The number of carbonyl (C=O) groups excluding carboxylic acids is 1. The molecule has 0 spiro atoms. The van der Waals surface area contributed by atoms with Gasteiger partial charge in [0.15, 0.2) is 5.82 Å². The summed E-state index contributed by atoms with van der Waals surface area (Å²) >= 11 is 7.45. The monoisotopic (exact) mass is 399 g/mol. The highest BCUT2D eigenvalue weighted by Crippen LogP contribution is 2.37. The highest BCUT2D eigenvalue weighted by molar-refractivity contribution is 8.00. The lowest BCUT2D eigenvalue weighted by atomic mass is 10.0. The molecule has 27 heavy (non-hydrogen) atoms. The highest BCUT2D eigenvalue weighted by Gasteiger charge is 2.37. The Hall–Kier alpha value is -2.51. The quantitative estimate of drug-likeness (QED) is 0.696. The SMILES string of the molecule is CCc1nnc2n1N[C@H](c1ccc(Cl)cc1)[C@H](C(=O)Nc1ccccc1)S2. The fraction of sp³-hybridized carbons (Fsp3) is 0.211. The number of aromatic nitrogens is 3. The van der Waals surface area contributed by atoms with Crippen molar-refractivity contribution in [2.24, 2.45) is 0 Å². The van der Waals surface area contributed by atoms with Crippen molar-refractivity contribution >= 4 is 35.0 Å². The number of para-hydroxylation sites is 1. The van der Waals surface area contributed by atoms with Crippen LogP contribution < -0.4 is 10.7 Å². The van der Waals surface area contributed by atoms with E-state index in [1.807, 2.05) is 66.2 Å².